The van der Waals surface area contributed by atoms with Gasteiger partial charge in [-0.15, -0.1) is 0 Å². The topological polar surface area (TPSA) is 77.8 Å². The highest BCUT2D eigenvalue weighted by Crippen LogP contribution is 2.09. The van der Waals surface area contributed by atoms with Crippen molar-refractivity contribution in [3.05, 3.63) is 24.2 Å². The number of carbonyl (C=O) groups is 2. The van der Waals surface area contributed by atoms with E-state index in [0.717, 1.165) is 0 Å². The van der Waals surface area contributed by atoms with E-state index in [-0.39, 0.29) is 6.42 Å². The lowest BCUT2D eigenvalue weighted by Gasteiger charge is -2.22. The Balaban J connectivity index is 2.65. The average Bonchev–Trinajstić information content (AvgIpc) is 2.77. The summed E-state index contributed by atoms with van der Waals surface area (Å²) in [5.41, 5.74) is -0.630. The third kappa shape index (κ3) is 5.46. The Morgan fingerprint density at radius 2 is 2.11 bits per heavy atom. The summed E-state index contributed by atoms with van der Waals surface area (Å²) in [7, 11) is 1.26. The zero-order chi connectivity index (χ0) is 14.5. The standard InChI is InChI=1S/C13H19NO5/c1-13(2,3)19-12(16)14-10(11(15)17-4)8-9-6-5-7-18-9/h5-7,10H,8H2,1-4H3,(H,14,16)/t10-/m0/s1. The van der Waals surface area contributed by atoms with Crippen LogP contribution in [-0.4, -0.2) is 30.8 Å². The lowest BCUT2D eigenvalue weighted by molar-refractivity contribution is -0.143. The summed E-state index contributed by atoms with van der Waals surface area (Å²) in [4.78, 5) is 23.3. The summed E-state index contributed by atoms with van der Waals surface area (Å²) in [6.45, 7) is 5.23. The Bertz CT molecular complexity index is 419. The van der Waals surface area contributed by atoms with Crippen molar-refractivity contribution >= 4 is 12.1 Å². The normalized spacial score (nSPS) is 12.6. The summed E-state index contributed by atoms with van der Waals surface area (Å²) < 4.78 is 14.9. The van der Waals surface area contributed by atoms with E-state index in [2.05, 4.69) is 10.1 Å². The van der Waals surface area contributed by atoms with Crippen LogP contribution in [0.1, 0.15) is 26.5 Å². The van der Waals surface area contributed by atoms with Crippen LogP contribution in [0, 0.1) is 0 Å². The molecule has 6 heteroatoms. The molecule has 19 heavy (non-hydrogen) atoms. The second-order valence-electron chi connectivity index (χ2n) is 5.01. The number of amides is 1. The molecule has 6 nitrogen and oxygen atoms in total. The summed E-state index contributed by atoms with van der Waals surface area (Å²) in [5.74, 6) is 0.0220. The van der Waals surface area contributed by atoms with Crippen LogP contribution >= 0.6 is 0 Å². The smallest absolute Gasteiger partial charge is 0.408 e. The molecule has 1 heterocycles. The van der Waals surface area contributed by atoms with E-state index < -0.39 is 23.7 Å². The molecule has 0 saturated carbocycles. The van der Waals surface area contributed by atoms with Gasteiger partial charge in [0.25, 0.3) is 0 Å². The van der Waals surface area contributed by atoms with E-state index in [1.54, 1.807) is 32.9 Å². The van der Waals surface area contributed by atoms with Gasteiger partial charge in [0, 0.05) is 6.42 Å². The maximum absolute atomic E-state index is 11.6. The number of alkyl carbamates (subject to hydrolysis) is 1. The molecule has 0 fully saturated rings. The molecule has 1 atom stereocenters. The van der Waals surface area contributed by atoms with Crippen LogP contribution in [-0.2, 0) is 20.7 Å². The molecule has 1 N–H and O–H groups in total. The van der Waals surface area contributed by atoms with Crippen LogP contribution in [0.25, 0.3) is 0 Å². The first-order valence-corrected chi connectivity index (χ1v) is 5.91. The number of carbonyl (C=O) groups excluding carboxylic acids is 2. The second-order valence-corrected chi connectivity index (χ2v) is 5.01. The maximum atomic E-state index is 11.6. The van der Waals surface area contributed by atoms with E-state index >= 15 is 0 Å². The van der Waals surface area contributed by atoms with Crippen LogP contribution < -0.4 is 5.32 Å². The number of rotatable bonds is 4. The molecular weight excluding hydrogens is 250 g/mol. The molecule has 0 radical (unpaired) electrons. The zero-order valence-electron chi connectivity index (χ0n) is 11.6. The minimum Gasteiger partial charge on any atom is -0.469 e. The fourth-order valence-electron chi connectivity index (χ4n) is 1.42. The van der Waals surface area contributed by atoms with E-state index in [1.807, 2.05) is 0 Å². The monoisotopic (exact) mass is 269 g/mol. The molecule has 0 bridgehead atoms. The fraction of sp³-hybridized carbons (Fsp3) is 0.538. The fourth-order valence-corrected chi connectivity index (χ4v) is 1.42. The second kappa shape index (κ2) is 6.26. The minimum atomic E-state index is -0.842. The Morgan fingerprint density at radius 3 is 2.58 bits per heavy atom. The van der Waals surface area contributed by atoms with Gasteiger partial charge in [-0.05, 0) is 32.9 Å². The van der Waals surface area contributed by atoms with Crippen molar-refractivity contribution in [1.29, 1.82) is 0 Å². The molecule has 0 aromatic carbocycles. The highest BCUT2D eigenvalue weighted by Gasteiger charge is 2.25. The minimum absolute atomic E-state index is 0.207. The van der Waals surface area contributed by atoms with Crippen LogP contribution in [0.5, 0.6) is 0 Å². The molecule has 1 aromatic rings. The van der Waals surface area contributed by atoms with E-state index in [9.17, 15) is 9.59 Å². The first kappa shape index (κ1) is 15.1. The van der Waals surface area contributed by atoms with E-state index in [4.69, 9.17) is 9.15 Å². The van der Waals surface area contributed by atoms with Gasteiger partial charge in [-0.2, -0.15) is 0 Å². The third-order valence-electron chi connectivity index (χ3n) is 2.16. The Morgan fingerprint density at radius 1 is 1.42 bits per heavy atom. The molecule has 0 aliphatic rings. The van der Waals surface area contributed by atoms with E-state index in [1.165, 1.54) is 13.4 Å². The van der Waals surface area contributed by atoms with Crippen molar-refractivity contribution in [3.63, 3.8) is 0 Å². The van der Waals surface area contributed by atoms with Crippen LogP contribution in [0.4, 0.5) is 4.79 Å². The molecule has 0 aliphatic heterocycles. The Hall–Kier alpha value is -1.98. The molecule has 0 spiro atoms. The molecule has 0 saturated heterocycles. The third-order valence-corrected chi connectivity index (χ3v) is 2.16. The summed E-state index contributed by atoms with van der Waals surface area (Å²) in [6, 6.07) is 2.58. The number of ether oxygens (including phenoxy) is 2. The molecule has 1 amide bonds. The van der Waals surface area contributed by atoms with Crippen molar-refractivity contribution < 1.29 is 23.5 Å². The predicted molar refractivity (Wildman–Crippen MR) is 67.6 cm³/mol. The van der Waals surface area contributed by atoms with Crippen molar-refractivity contribution in [2.24, 2.45) is 0 Å². The molecular formula is C13H19NO5. The van der Waals surface area contributed by atoms with Gasteiger partial charge in [-0.25, -0.2) is 9.59 Å². The van der Waals surface area contributed by atoms with Crippen LogP contribution in [0.2, 0.25) is 0 Å². The van der Waals surface area contributed by atoms with Gasteiger partial charge in [0.1, 0.15) is 17.4 Å². The van der Waals surface area contributed by atoms with Gasteiger partial charge in [0.2, 0.25) is 0 Å². The molecule has 1 aromatic heterocycles. The molecule has 106 valence electrons. The Labute approximate surface area is 112 Å². The highest BCUT2D eigenvalue weighted by molar-refractivity contribution is 5.81. The average molecular weight is 269 g/mol. The number of hydrogen-bond acceptors (Lipinski definition) is 5. The number of nitrogens with one attached hydrogen (secondary N) is 1. The summed E-state index contributed by atoms with van der Waals surface area (Å²) in [6.07, 6.45) is 1.03. The first-order valence-electron chi connectivity index (χ1n) is 5.91. The summed E-state index contributed by atoms with van der Waals surface area (Å²) >= 11 is 0. The van der Waals surface area contributed by atoms with Gasteiger partial charge in [-0.3, -0.25) is 0 Å². The largest absolute Gasteiger partial charge is 0.469 e. The highest BCUT2D eigenvalue weighted by atomic mass is 16.6. The SMILES string of the molecule is COC(=O)[C@H](Cc1ccco1)NC(=O)OC(C)(C)C. The lowest BCUT2D eigenvalue weighted by Crippen LogP contribution is -2.45. The first-order chi connectivity index (χ1) is 8.81. The molecule has 0 unspecified atom stereocenters. The van der Waals surface area contributed by atoms with E-state index in [0.29, 0.717) is 5.76 Å². The van der Waals surface area contributed by atoms with Gasteiger partial charge >= 0.3 is 12.1 Å². The van der Waals surface area contributed by atoms with Crippen molar-refractivity contribution in [2.75, 3.05) is 7.11 Å². The number of furan rings is 1. The maximum Gasteiger partial charge on any atom is 0.408 e. The number of methoxy groups -OCH3 is 1. The van der Waals surface area contributed by atoms with Crippen LogP contribution in [0.15, 0.2) is 22.8 Å². The van der Waals surface area contributed by atoms with Gasteiger partial charge < -0.3 is 19.2 Å². The number of esters is 1. The lowest BCUT2D eigenvalue weighted by atomic mass is 10.1. The zero-order valence-corrected chi connectivity index (χ0v) is 11.6. The molecule has 0 aliphatic carbocycles. The van der Waals surface area contributed by atoms with Crippen molar-refractivity contribution in [3.8, 4) is 0 Å². The Kier molecular flexibility index (Phi) is 4.97. The van der Waals surface area contributed by atoms with Crippen molar-refractivity contribution in [1.82, 2.24) is 5.32 Å². The molecule has 1 rings (SSSR count). The van der Waals surface area contributed by atoms with Gasteiger partial charge in [0.05, 0.1) is 13.4 Å². The van der Waals surface area contributed by atoms with Crippen molar-refractivity contribution in [2.45, 2.75) is 38.8 Å². The predicted octanol–water partition coefficient (Wildman–Crippen LogP) is 1.89. The number of hydrogen-bond donors (Lipinski definition) is 1. The van der Waals surface area contributed by atoms with Crippen LogP contribution in [0.3, 0.4) is 0 Å². The van der Waals surface area contributed by atoms with Gasteiger partial charge in [-0.1, -0.05) is 0 Å². The quantitative estimate of drug-likeness (QED) is 0.844. The summed E-state index contributed by atoms with van der Waals surface area (Å²) in [5, 5.41) is 2.47. The van der Waals surface area contributed by atoms with Gasteiger partial charge in [0.15, 0.2) is 0 Å².